The Morgan fingerprint density at radius 2 is 1.86 bits per heavy atom. The van der Waals surface area contributed by atoms with Crippen LogP contribution in [0.3, 0.4) is 0 Å². The molecular formula is C18H31BrN2. The van der Waals surface area contributed by atoms with Gasteiger partial charge in [0.2, 0.25) is 0 Å². The Kier molecular flexibility index (Phi) is 7.93. The molecule has 0 amide bonds. The third-order valence-corrected chi connectivity index (χ3v) is 4.89. The molecule has 0 spiro atoms. The number of rotatable bonds is 9. The normalized spacial score (nSPS) is 13.7. The second kappa shape index (κ2) is 8.92. The molecule has 3 heteroatoms. The molecular weight excluding hydrogens is 324 g/mol. The molecule has 0 saturated heterocycles. The highest BCUT2D eigenvalue weighted by molar-refractivity contribution is 9.10. The van der Waals surface area contributed by atoms with Crippen LogP contribution in [0.4, 0.5) is 0 Å². The topological polar surface area (TPSA) is 15.3 Å². The van der Waals surface area contributed by atoms with Crippen molar-refractivity contribution in [2.75, 3.05) is 19.6 Å². The minimum absolute atomic E-state index is 0.140. The molecule has 0 aliphatic carbocycles. The number of halogens is 1. The highest BCUT2D eigenvalue weighted by Gasteiger charge is 2.33. The summed E-state index contributed by atoms with van der Waals surface area (Å²) in [6.45, 7) is 14.7. The van der Waals surface area contributed by atoms with Gasteiger partial charge >= 0.3 is 0 Å². The van der Waals surface area contributed by atoms with E-state index in [0.29, 0.717) is 6.04 Å². The Labute approximate surface area is 139 Å². The first-order valence-electron chi connectivity index (χ1n) is 8.18. The van der Waals surface area contributed by atoms with Gasteiger partial charge in [-0.05, 0) is 64.0 Å². The minimum atomic E-state index is 0.140. The Morgan fingerprint density at radius 1 is 1.19 bits per heavy atom. The maximum atomic E-state index is 3.77. The summed E-state index contributed by atoms with van der Waals surface area (Å²) < 4.78 is 1.16. The molecule has 0 aliphatic rings. The Morgan fingerprint density at radius 3 is 2.38 bits per heavy atom. The van der Waals surface area contributed by atoms with Crippen LogP contribution in [-0.4, -0.2) is 36.1 Å². The highest BCUT2D eigenvalue weighted by atomic mass is 79.9. The number of nitrogens with zero attached hydrogens (tertiary/aromatic N) is 1. The highest BCUT2D eigenvalue weighted by Crippen LogP contribution is 2.23. The summed E-state index contributed by atoms with van der Waals surface area (Å²) in [4.78, 5) is 2.55. The quantitative estimate of drug-likeness (QED) is 0.703. The molecule has 0 radical (unpaired) electrons. The number of benzene rings is 1. The van der Waals surface area contributed by atoms with Gasteiger partial charge in [0.1, 0.15) is 0 Å². The predicted octanol–water partition coefficient (Wildman–Crippen LogP) is 4.48. The maximum absolute atomic E-state index is 3.77. The van der Waals surface area contributed by atoms with E-state index in [9.17, 15) is 0 Å². The average molecular weight is 355 g/mol. The lowest BCUT2D eigenvalue weighted by atomic mass is 9.87. The van der Waals surface area contributed by atoms with Crippen molar-refractivity contribution in [3.63, 3.8) is 0 Å². The Hall–Kier alpha value is -0.380. The van der Waals surface area contributed by atoms with Gasteiger partial charge in [0.15, 0.2) is 0 Å². The van der Waals surface area contributed by atoms with E-state index in [0.717, 1.165) is 30.5 Å². The van der Waals surface area contributed by atoms with Gasteiger partial charge in [0.05, 0.1) is 0 Å². The summed E-state index contributed by atoms with van der Waals surface area (Å²) in [5, 5.41) is 3.77. The molecule has 1 aromatic carbocycles. The van der Waals surface area contributed by atoms with Crippen molar-refractivity contribution in [1.29, 1.82) is 0 Å². The molecule has 1 N–H and O–H groups in total. The summed E-state index contributed by atoms with van der Waals surface area (Å²) in [5.74, 6) is 0. The molecule has 2 nitrogen and oxygen atoms in total. The van der Waals surface area contributed by atoms with Crippen LogP contribution in [-0.2, 0) is 6.42 Å². The molecule has 0 bridgehead atoms. The van der Waals surface area contributed by atoms with Crippen LogP contribution in [0.5, 0.6) is 0 Å². The van der Waals surface area contributed by atoms with Gasteiger partial charge in [0, 0.05) is 16.1 Å². The maximum Gasteiger partial charge on any atom is 0.0309 e. The number of likely N-dealkylation sites (N-methyl/N-ethyl adjacent to an activating group) is 1. The molecule has 0 heterocycles. The van der Waals surface area contributed by atoms with Crippen LogP contribution in [0.15, 0.2) is 28.7 Å². The molecule has 1 aromatic rings. The van der Waals surface area contributed by atoms with Gasteiger partial charge in [0.25, 0.3) is 0 Å². The van der Waals surface area contributed by atoms with E-state index >= 15 is 0 Å². The van der Waals surface area contributed by atoms with Gasteiger partial charge in [-0.25, -0.2) is 0 Å². The summed E-state index contributed by atoms with van der Waals surface area (Å²) in [5.41, 5.74) is 1.53. The fraction of sp³-hybridized carbons (Fsp3) is 0.667. The lowest BCUT2D eigenvalue weighted by Gasteiger charge is -2.44. The Balaban J connectivity index is 2.93. The van der Waals surface area contributed by atoms with Crippen molar-refractivity contribution in [2.24, 2.45) is 0 Å². The van der Waals surface area contributed by atoms with Crippen LogP contribution < -0.4 is 5.32 Å². The molecule has 0 aliphatic heterocycles. The van der Waals surface area contributed by atoms with Crippen LogP contribution in [0.2, 0.25) is 0 Å². The van der Waals surface area contributed by atoms with Crippen LogP contribution in [0.1, 0.15) is 46.6 Å². The van der Waals surface area contributed by atoms with E-state index in [-0.39, 0.29) is 5.54 Å². The Bertz CT molecular complexity index is 413. The zero-order chi connectivity index (χ0) is 15.9. The van der Waals surface area contributed by atoms with Crippen LogP contribution in [0, 0.1) is 0 Å². The lowest BCUT2D eigenvalue weighted by molar-refractivity contribution is 0.0911. The lowest BCUT2D eigenvalue weighted by Crippen LogP contribution is -2.58. The first-order chi connectivity index (χ1) is 9.95. The minimum Gasteiger partial charge on any atom is -0.312 e. The predicted molar refractivity (Wildman–Crippen MR) is 96.9 cm³/mol. The third kappa shape index (κ3) is 5.39. The second-order valence-corrected chi connectivity index (χ2v) is 7.08. The van der Waals surface area contributed by atoms with E-state index in [4.69, 9.17) is 0 Å². The van der Waals surface area contributed by atoms with Crippen molar-refractivity contribution < 1.29 is 0 Å². The van der Waals surface area contributed by atoms with E-state index < -0.39 is 0 Å². The molecule has 120 valence electrons. The third-order valence-electron chi connectivity index (χ3n) is 4.40. The van der Waals surface area contributed by atoms with Gasteiger partial charge in [-0.3, -0.25) is 4.90 Å². The van der Waals surface area contributed by atoms with Crippen molar-refractivity contribution in [1.82, 2.24) is 10.2 Å². The van der Waals surface area contributed by atoms with Crippen molar-refractivity contribution in [2.45, 2.75) is 59.0 Å². The smallest absolute Gasteiger partial charge is 0.0309 e. The zero-order valence-electron chi connectivity index (χ0n) is 14.2. The van der Waals surface area contributed by atoms with Crippen molar-refractivity contribution in [3.8, 4) is 0 Å². The summed E-state index contributed by atoms with van der Waals surface area (Å²) >= 11 is 3.58. The standard InChI is InChI=1S/C18H31BrN2/c1-6-12-20-17(18(4,5)21(7-2)8-3)14-15-10-9-11-16(19)13-15/h9-11,13,17,20H,6-8,12,14H2,1-5H3. The first-order valence-corrected chi connectivity index (χ1v) is 8.97. The summed E-state index contributed by atoms with van der Waals surface area (Å²) in [6, 6.07) is 9.13. The molecule has 0 saturated carbocycles. The number of hydrogen-bond acceptors (Lipinski definition) is 2. The van der Waals surface area contributed by atoms with Crippen LogP contribution >= 0.6 is 15.9 Å². The zero-order valence-corrected chi connectivity index (χ0v) is 15.8. The number of nitrogens with one attached hydrogen (secondary N) is 1. The number of hydrogen-bond donors (Lipinski definition) is 1. The van der Waals surface area contributed by atoms with Gasteiger partial charge < -0.3 is 5.32 Å². The fourth-order valence-electron chi connectivity index (χ4n) is 3.05. The molecule has 21 heavy (non-hydrogen) atoms. The van der Waals surface area contributed by atoms with E-state index in [2.05, 4.69) is 85.0 Å². The van der Waals surface area contributed by atoms with E-state index in [1.165, 1.54) is 12.0 Å². The van der Waals surface area contributed by atoms with E-state index in [1.807, 2.05) is 0 Å². The van der Waals surface area contributed by atoms with Crippen molar-refractivity contribution >= 4 is 15.9 Å². The molecule has 0 fully saturated rings. The summed E-state index contributed by atoms with van der Waals surface area (Å²) in [6.07, 6.45) is 2.23. The second-order valence-electron chi connectivity index (χ2n) is 6.17. The van der Waals surface area contributed by atoms with Gasteiger partial charge in [-0.15, -0.1) is 0 Å². The average Bonchev–Trinajstić information content (AvgIpc) is 2.44. The first kappa shape index (κ1) is 18.7. The summed E-state index contributed by atoms with van der Waals surface area (Å²) in [7, 11) is 0. The molecule has 0 aromatic heterocycles. The molecule has 1 unspecified atom stereocenters. The van der Waals surface area contributed by atoms with Crippen molar-refractivity contribution in [3.05, 3.63) is 34.3 Å². The molecule has 1 rings (SSSR count). The van der Waals surface area contributed by atoms with Gasteiger partial charge in [-0.2, -0.15) is 0 Å². The molecule has 1 atom stereocenters. The fourth-order valence-corrected chi connectivity index (χ4v) is 3.50. The van der Waals surface area contributed by atoms with Crippen LogP contribution in [0.25, 0.3) is 0 Å². The monoisotopic (exact) mass is 354 g/mol. The van der Waals surface area contributed by atoms with E-state index in [1.54, 1.807) is 0 Å². The van der Waals surface area contributed by atoms with Gasteiger partial charge in [-0.1, -0.05) is 48.8 Å². The largest absolute Gasteiger partial charge is 0.312 e. The SMILES string of the molecule is CCCNC(Cc1cccc(Br)c1)C(C)(C)N(CC)CC.